The minimum atomic E-state index is -1.60. The predicted molar refractivity (Wildman–Crippen MR) is 124 cm³/mol. The summed E-state index contributed by atoms with van der Waals surface area (Å²) in [6.45, 7) is 4.78. The maximum atomic E-state index is 12.5. The molecule has 2 N–H and O–H groups in total. The number of fused-ring (bicyclic) bond motifs is 1. The van der Waals surface area contributed by atoms with E-state index in [9.17, 15) is 19.5 Å². The third kappa shape index (κ3) is 6.22. The molecule has 0 radical (unpaired) electrons. The van der Waals surface area contributed by atoms with Crippen molar-refractivity contribution in [3.63, 3.8) is 0 Å². The number of carbonyl (C=O) groups excluding carboxylic acids is 1. The largest absolute Gasteiger partial charge is 0.507 e. The summed E-state index contributed by atoms with van der Waals surface area (Å²) in [6.07, 6.45) is 2.77. The van der Waals surface area contributed by atoms with Crippen LogP contribution in [0.1, 0.15) is 49.0 Å². The summed E-state index contributed by atoms with van der Waals surface area (Å²) in [6, 6.07) is 13.3. The molecule has 1 unspecified atom stereocenters. The van der Waals surface area contributed by atoms with Crippen molar-refractivity contribution in [1.82, 2.24) is 0 Å². The Morgan fingerprint density at radius 1 is 1.03 bits per heavy atom. The van der Waals surface area contributed by atoms with E-state index >= 15 is 0 Å². The number of para-hydroxylation sites is 1. The van der Waals surface area contributed by atoms with Gasteiger partial charge in [0.15, 0.2) is 0 Å². The second kappa shape index (κ2) is 10.8. The molecule has 7 nitrogen and oxygen atoms in total. The van der Waals surface area contributed by atoms with Gasteiger partial charge in [0.05, 0.1) is 17.6 Å². The second-order valence-corrected chi connectivity index (χ2v) is 8.56. The number of rotatable bonds is 11. The van der Waals surface area contributed by atoms with Crippen molar-refractivity contribution >= 4 is 22.7 Å². The summed E-state index contributed by atoms with van der Waals surface area (Å²) in [5.74, 6) is -1.53. The lowest BCUT2D eigenvalue weighted by Crippen LogP contribution is -2.17. The first-order valence-electron chi connectivity index (χ1n) is 11.0. The minimum absolute atomic E-state index is 0.0898. The lowest BCUT2D eigenvalue weighted by atomic mass is 9.92. The Morgan fingerprint density at radius 2 is 1.76 bits per heavy atom. The predicted octanol–water partition coefficient (Wildman–Crippen LogP) is 4.83. The van der Waals surface area contributed by atoms with Gasteiger partial charge in [0.2, 0.25) is 0 Å². The van der Waals surface area contributed by atoms with Gasteiger partial charge in [0.1, 0.15) is 17.1 Å². The van der Waals surface area contributed by atoms with Gasteiger partial charge in [-0.15, -0.1) is 0 Å². The highest BCUT2D eigenvalue weighted by molar-refractivity contribution is 6.40. The van der Waals surface area contributed by atoms with Gasteiger partial charge in [-0.25, -0.2) is 9.59 Å². The molecule has 33 heavy (non-hydrogen) atoms. The number of hydrogen-bond acceptors (Lipinski definition) is 6. The molecule has 174 valence electrons. The molecule has 0 saturated carbocycles. The first-order valence-corrected chi connectivity index (χ1v) is 11.0. The van der Waals surface area contributed by atoms with Crippen molar-refractivity contribution in [2.45, 2.75) is 39.5 Å². The zero-order valence-corrected chi connectivity index (χ0v) is 18.7. The number of ketones is 1. The minimum Gasteiger partial charge on any atom is -0.507 e. The lowest BCUT2D eigenvalue weighted by molar-refractivity contribution is -0.131. The van der Waals surface area contributed by atoms with Crippen molar-refractivity contribution in [3.8, 4) is 11.5 Å². The number of Topliss-reactive ketones (excluding diaryl/α,β-unsaturated/α-hetero) is 1. The highest BCUT2D eigenvalue weighted by atomic mass is 16.5. The Bertz CT molecular complexity index is 1180. The van der Waals surface area contributed by atoms with E-state index in [1.807, 2.05) is 30.3 Å². The summed E-state index contributed by atoms with van der Waals surface area (Å²) in [5.41, 5.74) is -0.552. The number of aliphatic carboxylic acids is 1. The fourth-order valence-electron chi connectivity index (χ4n) is 3.67. The number of carbonyl (C=O) groups is 2. The molecule has 0 aliphatic carbocycles. The summed E-state index contributed by atoms with van der Waals surface area (Å²) >= 11 is 0. The first kappa shape index (κ1) is 24.0. The van der Waals surface area contributed by atoms with Crippen LogP contribution in [0.15, 0.2) is 57.7 Å². The maximum Gasteiger partial charge on any atom is 0.377 e. The Balaban J connectivity index is 1.81. The van der Waals surface area contributed by atoms with Gasteiger partial charge in [0.25, 0.3) is 5.78 Å². The van der Waals surface area contributed by atoms with Crippen molar-refractivity contribution in [2.24, 2.45) is 11.8 Å². The van der Waals surface area contributed by atoms with Crippen LogP contribution < -0.4 is 10.4 Å². The smallest absolute Gasteiger partial charge is 0.377 e. The Hall–Kier alpha value is -3.61. The Labute approximate surface area is 191 Å². The summed E-state index contributed by atoms with van der Waals surface area (Å²) in [7, 11) is 0. The van der Waals surface area contributed by atoms with Gasteiger partial charge in [-0.1, -0.05) is 38.5 Å². The molecule has 0 bridgehead atoms. The summed E-state index contributed by atoms with van der Waals surface area (Å²) in [5, 5.41) is 19.8. The molecule has 1 atom stereocenters. The van der Waals surface area contributed by atoms with E-state index in [1.54, 1.807) is 0 Å². The van der Waals surface area contributed by atoms with Gasteiger partial charge in [-0.3, -0.25) is 4.79 Å². The van der Waals surface area contributed by atoms with E-state index in [1.165, 1.54) is 18.2 Å². The molecule has 0 fully saturated rings. The Kier molecular flexibility index (Phi) is 7.87. The normalized spacial score (nSPS) is 12.1. The number of aromatic hydroxyl groups is 1. The van der Waals surface area contributed by atoms with Crippen molar-refractivity contribution in [2.75, 3.05) is 6.61 Å². The van der Waals surface area contributed by atoms with Gasteiger partial charge >= 0.3 is 11.6 Å². The lowest BCUT2D eigenvalue weighted by Gasteiger charge is -2.19. The monoisotopic (exact) mass is 452 g/mol. The van der Waals surface area contributed by atoms with E-state index < -0.39 is 17.4 Å². The maximum absolute atomic E-state index is 12.5. The van der Waals surface area contributed by atoms with Crippen LogP contribution in [0.4, 0.5) is 0 Å². The molecule has 0 aliphatic rings. The van der Waals surface area contributed by atoms with Crippen LogP contribution in [0, 0.1) is 11.8 Å². The number of hydrogen-bond donors (Lipinski definition) is 2. The summed E-state index contributed by atoms with van der Waals surface area (Å²) in [4.78, 5) is 35.3. The van der Waals surface area contributed by atoms with Crippen LogP contribution in [0.25, 0.3) is 11.0 Å². The first-order chi connectivity index (χ1) is 15.8. The molecule has 0 amide bonds. The van der Waals surface area contributed by atoms with E-state index in [4.69, 9.17) is 14.3 Å². The molecule has 3 aromatic rings. The van der Waals surface area contributed by atoms with E-state index in [0.29, 0.717) is 18.9 Å². The third-order valence-electron chi connectivity index (χ3n) is 5.61. The molecule has 3 rings (SSSR count). The second-order valence-electron chi connectivity index (χ2n) is 8.56. The van der Waals surface area contributed by atoms with E-state index in [-0.39, 0.29) is 40.2 Å². The van der Waals surface area contributed by atoms with Gasteiger partial charge in [-0.2, -0.15) is 0 Å². The fourth-order valence-corrected chi connectivity index (χ4v) is 3.67. The fraction of sp³-hybridized carbons (Fsp3) is 0.346. The zero-order valence-electron chi connectivity index (χ0n) is 18.7. The number of carboxylic acid groups (broad SMARTS) is 1. The van der Waals surface area contributed by atoms with Crippen molar-refractivity contribution < 1.29 is 29.0 Å². The highest BCUT2D eigenvalue weighted by Gasteiger charge is 2.20. The zero-order chi connectivity index (χ0) is 24.0. The van der Waals surface area contributed by atoms with Crippen molar-refractivity contribution in [3.05, 3.63) is 70.1 Å². The molecule has 1 aromatic heterocycles. The molecule has 0 aliphatic heterocycles. The standard InChI is InChI=1S/C26H28O7/c1-16(2)8-9-17(15-32-19-6-4-3-5-7-19)10-12-20-24(28)21-14-18(23(27)25(29)30)11-13-22(21)33-26(20)31/h3-7,11,13-14,16-17,28H,8-10,12,15H2,1-2H3,(H,29,30). The van der Waals surface area contributed by atoms with Crippen LogP contribution in [0.3, 0.4) is 0 Å². The number of ether oxygens (including phenoxy) is 1. The van der Waals surface area contributed by atoms with Crippen LogP contribution >= 0.6 is 0 Å². The highest BCUT2D eigenvalue weighted by Crippen LogP contribution is 2.29. The van der Waals surface area contributed by atoms with Crippen LogP contribution in [0.5, 0.6) is 11.5 Å². The number of benzene rings is 2. The average molecular weight is 453 g/mol. The van der Waals surface area contributed by atoms with Crippen LogP contribution in [-0.4, -0.2) is 28.6 Å². The molecule has 2 aromatic carbocycles. The summed E-state index contributed by atoms with van der Waals surface area (Å²) < 4.78 is 11.3. The molecular formula is C26H28O7. The quantitative estimate of drug-likeness (QED) is 0.243. The third-order valence-corrected chi connectivity index (χ3v) is 5.61. The molecule has 1 heterocycles. The Morgan fingerprint density at radius 3 is 2.42 bits per heavy atom. The van der Waals surface area contributed by atoms with E-state index in [0.717, 1.165) is 18.6 Å². The molecular weight excluding hydrogens is 424 g/mol. The van der Waals surface area contributed by atoms with Gasteiger partial charge in [-0.05, 0) is 61.4 Å². The topological polar surface area (TPSA) is 114 Å². The van der Waals surface area contributed by atoms with Gasteiger partial charge < -0.3 is 19.4 Å². The SMILES string of the molecule is CC(C)CCC(CCc1c(O)c2cc(C(=O)C(=O)O)ccc2oc1=O)COc1ccccc1. The van der Waals surface area contributed by atoms with Crippen LogP contribution in [0.2, 0.25) is 0 Å². The molecule has 0 spiro atoms. The number of carboxylic acids is 1. The van der Waals surface area contributed by atoms with Gasteiger partial charge in [0, 0.05) is 5.56 Å². The molecule has 0 saturated heterocycles. The van der Waals surface area contributed by atoms with E-state index in [2.05, 4.69) is 13.8 Å². The van der Waals surface area contributed by atoms with Crippen LogP contribution in [-0.2, 0) is 11.2 Å². The molecule has 7 heteroatoms. The average Bonchev–Trinajstić information content (AvgIpc) is 2.79. The van der Waals surface area contributed by atoms with Crippen molar-refractivity contribution in [1.29, 1.82) is 0 Å².